The van der Waals surface area contributed by atoms with Crippen LogP contribution in [0.5, 0.6) is 11.5 Å². The second-order valence-corrected chi connectivity index (χ2v) is 7.18. The first-order chi connectivity index (χ1) is 13.5. The van der Waals surface area contributed by atoms with Crippen LogP contribution in [0.25, 0.3) is 17.1 Å². The number of aromatic nitrogens is 2. The van der Waals surface area contributed by atoms with Crippen molar-refractivity contribution in [1.29, 1.82) is 5.26 Å². The minimum absolute atomic E-state index is 0.0181. The van der Waals surface area contributed by atoms with E-state index in [4.69, 9.17) is 9.47 Å². The zero-order valence-corrected chi connectivity index (χ0v) is 16.7. The maximum Gasteiger partial charge on any atom is 0.130 e. The molecule has 0 aliphatic carbocycles. The van der Waals surface area contributed by atoms with Gasteiger partial charge in [-0.25, -0.2) is 4.98 Å². The molecule has 0 atom stereocenters. The normalized spacial score (nSPS) is 11.8. The Labute approximate surface area is 165 Å². The molecule has 0 bridgehead atoms. The lowest BCUT2D eigenvalue weighted by Gasteiger charge is -2.16. The third-order valence-corrected chi connectivity index (χ3v) is 4.06. The van der Waals surface area contributed by atoms with Crippen molar-refractivity contribution < 1.29 is 9.47 Å². The van der Waals surface area contributed by atoms with Crippen LogP contribution in [0, 0.1) is 11.3 Å². The average molecular weight is 375 g/mol. The fourth-order valence-corrected chi connectivity index (χ4v) is 2.96. The summed E-state index contributed by atoms with van der Waals surface area (Å²) in [4.78, 5) is 4.39. The fourth-order valence-electron chi connectivity index (χ4n) is 2.96. The van der Waals surface area contributed by atoms with Gasteiger partial charge in [0.1, 0.15) is 11.5 Å². The number of nitrogens with zero attached hydrogens (tertiary/aromatic N) is 3. The van der Waals surface area contributed by atoms with Gasteiger partial charge < -0.3 is 14.0 Å². The molecule has 144 valence electrons. The highest BCUT2D eigenvalue weighted by molar-refractivity contribution is 5.75. The zero-order chi connectivity index (χ0) is 20.1. The standard InChI is InChI=1S/C23H25N3O2/c1-16(2)27-20-10-9-19(23(12-20)28-17(3)4)11-18(13-24)14-26-15-25-21-7-5-6-8-22(21)26/h5-12,15-17H,14H2,1-4H3/b18-11-. The van der Waals surface area contributed by atoms with Crippen LogP contribution in [-0.4, -0.2) is 21.8 Å². The number of rotatable bonds is 7. The van der Waals surface area contributed by atoms with Crippen molar-refractivity contribution in [2.24, 2.45) is 0 Å². The fraction of sp³-hybridized carbons (Fsp3) is 0.304. The van der Waals surface area contributed by atoms with Gasteiger partial charge in [-0.05, 0) is 58.0 Å². The topological polar surface area (TPSA) is 60.1 Å². The molecular formula is C23H25N3O2. The maximum absolute atomic E-state index is 9.69. The van der Waals surface area contributed by atoms with Crippen LogP contribution in [0.2, 0.25) is 0 Å². The Hall–Kier alpha value is -3.26. The van der Waals surface area contributed by atoms with Crippen LogP contribution in [-0.2, 0) is 6.54 Å². The van der Waals surface area contributed by atoms with Crippen LogP contribution in [0.1, 0.15) is 33.3 Å². The van der Waals surface area contributed by atoms with Gasteiger partial charge in [0.05, 0.1) is 47.8 Å². The SMILES string of the molecule is CC(C)Oc1ccc(/C=C(/C#N)Cn2cnc3ccccc32)c(OC(C)C)c1. The predicted molar refractivity (Wildman–Crippen MR) is 111 cm³/mol. The van der Waals surface area contributed by atoms with Crippen molar-refractivity contribution in [3.63, 3.8) is 0 Å². The number of hydrogen-bond acceptors (Lipinski definition) is 4. The second kappa shape index (κ2) is 8.62. The summed E-state index contributed by atoms with van der Waals surface area (Å²) in [6.07, 6.45) is 3.73. The largest absolute Gasteiger partial charge is 0.491 e. The molecule has 2 aromatic carbocycles. The first-order valence-electron chi connectivity index (χ1n) is 9.44. The molecule has 3 rings (SSSR count). The van der Waals surface area contributed by atoms with Crippen molar-refractivity contribution in [3.8, 4) is 17.6 Å². The highest BCUT2D eigenvalue weighted by atomic mass is 16.5. The monoisotopic (exact) mass is 375 g/mol. The smallest absolute Gasteiger partial charge is 0.130 e. The van der Waals surface area contributed by atoms with E-state index in [-0.39, 0.29) is 12.2 Å². The van der Waals surface area contributed by atoms with Gasteiger partial charge in [0.15, 0.2) is 0 Å². The quantitative estimate of drug-likeness (QED) is 0.531. The molecule has 0 saturated carbocycles. The lowest BCUT2D eigenvalue weighted by molar-refractivity contribution is 0.229. The van der Waals surface area contributed by atoms with Crippen molar-refractivity contribution in [2.45, 2.75) is 46.4 Å². The highest BCUT2D eigenvalue weighted by Crippen LogP contribution is 2.29. The summed E-state index contributed by atoms with van der Waals surface area (Å²) in [5.41, 5.74) is 3.39. The molecule has 0 amide bonds. The van der Waals surface area contributed by atoms with Crippen molar-refractivity contribution in [2.75, 3.05) is 0 Å². The number of nitriles is 1. The van der Waals surface area contributed by atoms with E-state index in [1.165, 1.54) is 0 Å². The molecule has 0 radical (unpaired) electrons. The molecule has 0 saturated heterocycles. The summed E-state index contributed by atoms with van der Waals surface area (Å²) in [5, 5.41) is 9.69. The van der Waals surface area contributed by atoms with Crippen molar-refractivity contribution in [1.82, 2.24) is 9.55 Å². The Bertz CT molecular complexity index is 1030. The lowest BCUT2D eigenvalue weighted by atomic mass is 10.1. The van der Waals surface area contributed by atoms with E-state index >= 15 is 0 Å². The summed E-state index contributed by atoms with van der Waals surface area (Å²) in [7, 11) is 0. The van der Waals surface area contributed by atoms with Gasteiger partial charge in [0.25, 0.3) is 0 Å². The van der Waals surface area contributed by atoms with Gasteiger partial charge in [-0.2, -0.15) is 5.26 Å². The van der Waals surface area contributed by atoms with Crippen molar-refractivity contribution in [3.05, 3.63) is 59.9 Å². The predicted octanol–water partition coefficient (Wildman–Crippen LogP) is 5.22. The molecule has 0 aliphatic heterocycles. The van der Waals surface area contributed by atoms with E-state index < -0.39 is 0 Å². The number of benzene rings is 2. The molecular weight excluding hydrogens is 350 g/mol. The van der Waals surface area contributed by atoms with Gasteiger partial charge in [0, 0.05) is 11.6 Å². The maximum atomic E-state index is 9.69. The molecule has 0 spiro atoms. The van der Waals surface area contributed by atoms with Gasteiger partial charge in [-0.3, -0.25) is 0 Å². The Morgan fingerprint density at radius 2 is 1.86 bits per heavy atom. The van der Waals surface area contributed by atoms with E-state index in [0.29, 0.717) is 17.9 Å². The van der Waals surface area contributed by atoms with E-state index in [2.05, 4.69) is 11.1 Å². The summed E-state index contributed by atoms with van der Waals surface area (Å²) in [6.45, 7) is 8.38. The molecule has 0 aliphatic rings. The number of imidazole rings is 1. The van der Waals surface area contributed by atoms with Crippen LogP contribution in [0.3, 0.4) is 0 Å². The third kappa shape index (κ3) is 4.72. The minimum atomic E-state index is 0.0181. The third-order valence-electron chi connectivity index (χ3n) is 4.06. The molecule has 1 aromatic heterocycles. The van der Waals surface area contributed by atoms with Crippen LogP contribution in [0.15, 0.2) is 54.4 Å². The number of allylic oxidation sites excluding steroid dienone is 1. The summed E-state index contributed by atoms with van der Waals surface area (Å²) in [6, 6.07) is 15.9. The average Bonchev–Trinajstić information content (AvgIpc) is 3.05. The van der Waals surface area contributed by atoms with E-state index in [1.807, 2.05) is 80.8 Å². The number of hydrogen-bond donors (Lipinski definition) is 0. The van der Waals surface area contributed by atoms with E-state index in [1.54, 1.807) is 6.33 Å². The van der Waals surface area contributed by atoms with E-state index in [0.717, 1.165) is 22.3 Å². The Kier molecular flexibility index (Phi) is 6.00. The highest BCUT2D eigenvalue weighted by Gasteiger charge is 2.10. The number of ether oxygens (including phenoxy) is 2. The van der Waals surface area contributed by atoms with Gasteiger partial charge >= 0.3 is 0 Å². The van der Waals surface area contributed by atoms with Crippen LogP contribution < -0.4 is 9.47 Å². The molecule has 0 unspecified atom stereocenters. The Balaban J connectivity index is 1.93. The number of fused-ring (bicyclic) bond motifs is 1. The van der Waals surface area contributed by atoms with Gasteiger partial charge in [0.2, 0.25) is 0 Å². The second-order valence-electron chi connectivity index (χ2n) is 7.18. The molecule has 5 heteroatoms. The summed E-state index contributed by atoms with van der Waals surface area (Å²) in [5.74, 6) is 1.46. The van der Waals surface area contributed by atoms with Gasteiger partial charge in [-0.15, -0.1) is 0 Å². The first kappa shape index (κ1) is 19.5. The van der Waals surface area contributed by atoms with Crippen LogP contribution >= 0.6 is 0 Å². The molecule has 0 fully saturated rings. The minimum Gasteiger partial charge on any atom is -0.491 e. The molecule has 28 heavy (non-hydrogen) atoms. The Morgan fingerprint density at radius 1 is 1.11 bits per heavy atom. The summed E-state index contributed by atoms with van der Waals surface area (Å²) >= 11 is 0. The van der Waals surface area contributed by atoms with E-state index in [9.17, 15) is 5.26 Å². The number of para-hydroxylation sites is 2. The molecule has 3 aromatic rings. The lowest BCUT2D eigenvalue weighted by Crippen LogP contribution is -2.09. The Morgan fingerprint density at radius 3 is 2.57 bits per heavy atom. The first-order valence-corrected chi connectivity index (χ1v) is 9.44. The summed E-state index contributed by atoms with van der Waals surface area (Å²) < 4.78 is 13.7. The van der Waals surface area contributed by atoms with Crippen LogP contribution in [0.4, 0.5) is 0 Å². The van der Waals surface area contributed by atoms with Gasteiger partial charge in [-0.1, -0.05) is 12.1 Å². The molecule has 1 heterocycles. The molecule has 5 nitrogen and oxygen atoms in total. The molecule has 0 N–H and O–H groups in total. The zero-order valence-electron chi connectivity index (χ0n) is 16.7. The van der Waals surface area contributed by atoms with Crippen molar-refractivity contribution >= 4 is 17.1 Å².